The number of rotatable bonds is 1. The van der Waals surface area contributed by atoms with Crippen molar-refractivity contribution in [1.82, 2.24) is 4.90 Å². The van der Waals surface area contributed by atoms with Crippen LogP contribution >= 0.6 is 0 Å². The van der Waals surface area contributed by atoms with Gasteiger partial charge in [0.25, 0.3) is 0 Å². The molecule has 0 fully saturated rings. The monoisotopic (exact) mass is 179 g/mol. The zero-order valence-electron chi connectivity index (χ0n) is 8.84. The lowest BCUT2D eigenvalue weighted by Crippen LogP contribution is -2.15. The van der Waals surface area contributed by atoms with Crippen LogP contribution in [0, 0.1) is 0 Å². The zero-order valence-corrected chi connectivity index (χ0v) is 8.84. The molecule has 0 saturated heterocycles. The number of carbonyl (C=O) groups is 1. The van der Waals surface area contributed by atoms with Crippen molar-refractivity contribution in [3.05, 3.63) is 0 Å². The highest BCUT2D eigenvalue weighted by Crippen LogP contribution is 2.02. The van der Waals surface area contributed by atoms with E-state index in [4.69, 9.17) is 4.74 Å². The third kappa shape index (κ3) is 34.3. The molecule has 0 aliphatic rings. The fourth-order valence-corrected chi connectivity index (χ4v) is 0. The minimum absolute atomic E-state index is 0. The number of hydrogen-bond donors (Lipinski definition) is 0. The van der Waals surface area contributed by atoms with Crippen molar-refractivity contribution in [2.45, 2.75) is 26.4 Å². The lowest BCUT2D eigenvalue weighted by Gasteiger charge is -2.14. The van der Waals surface area contributed by atoms with E-state index in [1.807, 2.05) is 20.8 Å². The average molecular weight is 179 g/mol. The Balaban J connectivity index is -0.000000126. The van der Waals surface area contributed by atoms with E-state index in [1.54, 1.807) is 21.2 Å². The van der Waals surface area contributed by atoms with Crippen LogP contribution in [-0.4, -0.2) is 43.6 Å². The molecule has 0 aliphatic heterocycles. The second kappa shape index (κ2) is 8.49. The molecule has 0 aromatic rings. The average Bonchev–Trinajstić information content (AvgIpc) is 1.88. The van der Waals surface area contributed by atoms with Gasteiger partial charge in [0.2, 0.25) is 6.41 Å². The van der Waals surface area contributed by atoms with Crippen LogP contribution < -0.4 is 0 Å². The zero-order chi connectivity index (χ0) is 9.49. The predicted molar refractivity (Wildman–Crippen MR) is 50.1 cm³/mol. The molecular formula is C8H21NO3. The van der Waals surface area contributed by atoms with E-state index >= 15 is 0 Å². The van der Waals surface area contributed by atoms with Crippen LogP contribution in [0.15, 0.2) is 0 Å². The first-order valence-corrected chi connectivity index (χ1v) is 3.50. The van der Waals surface area contributed by atoms with Crippen LogP contribution in [0.2, 0.25) is 0 Å². The molecule has 0 unspecified atom stereocenters. The highest BCUT2D eigenvalue weighted by molar-refractivity contribution is 5.45. The summed E-state index contributed by atoms with van der Waals surface area (Å²) in [6.07, 6.45) is 0.750. The summed E-state index contributed by atoms with van der Waals surface area (Å²) in [4.78, 5) is 10.9. The number of hydrogen-bond acceptors (Lipinski definition) is 2. The first-order chi connectivity index (χ1) is 4.83. The molecule has 0 rings (SSSR count). The number of ether oxygens (including phenoxy) is 1. The Morgan fingerprint density at radius 2 is 1.42 bits per heavy atom. The Labute approximate surface area is 74.8 Å². The van der Waals surface area contributed by atoms with Gasteiger partial charge < -0.3 is 15.1 Å². The largest absolute Gasteiger partial charge is 0.412 e. The summed E-state index contributed by atoms with van der Waals surface area (Å²) >= 11 is 0. The third-order valence-electron chi connectivity index (χ3n) is 0.823. The summed E-state index contributed by atoms with van der Waals surface area (Å²) in [6.45, 7) is 6.06. The van der Waals surface area contributed by atoms with Gasteiger partial charge in [-0.25, -0.2) is 0 Å². The van der Waals surface area contributed by atoms with Crippen molar-refractivity contribution < 1.29 is 15.0 Å². The predicted octanol–water partition coefficient (Wildman–Crippen LogP) is 0.311. The lowest BCUT2D eigenvalue weighted by atomic mass is 10.2. The van der Waals surface area contributed by atoms with Gasteiger partial charge in [-0.05, 0) is 20.8 Å². The molecule has 4 nitrogen and oxygen atoms in total. The Morgan fingerprint density at radius 1 is 1.25 bits per heavy atom. The van der Waals surface area contributed by atoms with Crippen LogP contribution in [0.1, 0.15) is 20.8 Å². The topological polar surface area (TPSA) is 61.0 Å². The molecule has 0 aromatic heterocycles. The molecule has 4 heteroatoms. The molecule has 0 bridgehead atoms. The smallest absolute Gasteiger partial charge is 0.209 e. The highest BCUT2D eigenvalue weighted by atomic mass is 16.5. The van der Waals surface area contributed by atoms with E-state index in [2.05, 4.69) is 0 Å². The molecule has 2 N–H and O–H groups in total. The summed E-state index contributed by atoms with van der Waals surface area (Å²) in [5.74, 6) is 0. The van der Waals surface area contributed by atoms with Gasteiger partial charge in [0.1, 0.15) is 0 Å². The normalized spacial score (nSPS) is 8.83. The Bertz CT molecular complexity index is 97.0. The van der Waals surface area contributed by atoms with Gasteiger partial charge in [0.15, 0.2) is 0 Å². The number of nitrogens with zero attached hydrogens (tertiary/aromatic N) is 1. The van der Waals surface area contributed by atoms with Crippen LogP contribution in [0.3, 0.4) is 0 Å². The van der Waals surface area contributed by atoms with Crippen molar-refractivity contribution in [2.24, 2.45) is 0 Å². The summed E-state index contributed by atoms with van der Waals surface area (Å²) in [7, 11) is 5.08. The molecule has 0 radical (unpaired) electrons. The molecule has 0 heterocycles. The van der Waals surface area contributed by atoms with E-state index in [-0.39, 0.29) is 11.1 Å². The number of carbonyl (C=O) groups excluding carboxylic acids is 1. The van der Waals surface area contributed by atoms with Gasteiger partial charge in [-0.2, -0.15) is 0 Å². The number of amides is 1. The van der Waals surface area contributed by atoms with Crippen molar-refractivity contribution in [1.29, 1.82) is 0 Å². The van der Waals surface area contributed by atoms with Gasteiger partial charge >= 0.3 is 0 Å². The Morgan fingerprint density at radius 3 is 1.42 bits per heavy atom. The maximum absolute atomic E-state index is 9.43. The second-order valence-electron chi connectivity index (χ2n) is 3.39. The van der Waals surface area contributed by atoms with E-state index in [9.17, 15) is 4.79 Å². The first kappa shape index (κ1) is 17.5. The van der Waals surface area contributed by atoms with Gasteiger partial charge in [-0.1, -0.05) is 0 Å². The molecule has 1 amide bonds. The first-order valence-electron chi connectivity index (χ1n) is 3.50. The Hall–Kier alpha value is -0.610. The molecule has 0 spiro atoms. The van der Waals surface area contributed by atoms with Crippen molar-refractivity contribution in [3.8, 4) is 0 Å². The molecule has 12 heavy (non-hydrogen) atoms. The van der Waals surface area contributed by atoms with Crippen LogP contribution in [-0.2, 0) is 9.53 Å². The number of methoxy groups -OCH3 is 1. The van der Waals surface area contributed by atoms with Gasteiger partial charge in [0, 0.05) is 21.2 Å². The molecule has 76 valence electrons. The third-order valence-corrected chi connectivity index (χ3v) is 0.823. The van der Waals surface area contributed by atoms with Gasteiger partial charge in [0.05, 0.1) is 5.60 Å². The van der Waals surface area contributed by atoms with E-state index in [0.29, 0.717) is 0 Å². The van der Waals surface area contributed by atoms with Crippen molar-refractivity contribution >= 4 is 6.41 Å². The van der Waals surface area contributed by atoms with E-state index < -0.39 is 0 Å². The van der Waals surface area contributed by atoms with Crippen molar-refractivity contribution in [3.63, 3.8) is 0 Å². The second-order valence-corrected chi connectivity index (χ2v) is 3.39. The van der Waals surface area contributed by atoms with E-state index in [1.165, 1.54) is 4.90 Å². The SMILES string of the molecule is CN(C)C=O.COC(C)(C)C.O. The molecule has 0 aromatic carbocycles. The molecule has 0 saturated carbocycles. The summed E-state index contributed by atoms with van der Waals surface area (Å²) in [5.41, 5.74) is 0.0417. The van der Waals surface area contributed by atoms with Crippen molar-refractivity contribution in [2.75, 3.05) is 21.2 Å². The highest BCUT2D eigenvalue weighted by Gasteiger charge is 2.03. The lowest BCUT2D eigenvalue weighted by molar-refractivity contribution is -0.115. The van der Waals surface area contributed by atoms with Gasteiger partial charge in [-0.15, -0.1) is 0 Å². The Kier molecular flexibility index (Phi) is 12.4. The summed E-state index contributed by atoms with van der Waals surface area (Å²) in [5, 5.41) is 0. The maximum Gasteiger partial charge on any atom is 0.209 e. The quantitative estimate of drug-likeness (QED) is 0.544. The fraction of sp³-hybridized carbons (Fsp3) is 0.875. The van der Waals surface area contributed by atoms with E-state index in [0.717, 1.165) is 6.41 Å². The standard InChI is InChI=1S/C5H12O.C3H7NO.H2O/c1-5(2,3)6-4;1-4(2)3-5;/h1-4H3;3H,1-2H3;1H2. The fourth-order valence-electron chi connectivity index (χ4n) is 0. The molecular weight excluding hydrogens is 158 g/mol. The van der Waals surface area contributed by atoms with Gasteiger partial charge in [-0.3, -0.25) is 4.79 Å². The summed E-state index contributed by atoms with van der Waals surface area (Å²) in [6, 6.07) is 0. The van der Waals surface area contributed by atoms with Crippen LogP contribution in [0.4, 0.5) is 0 Å². The maximum atomic E-state index is 9.43. The minimum Gasteiger partial charge on any atom is -0.412 e. The summed E-state index contributed by atoms with van der Waals surface area (Å²) < 4.78 is 4.94. The minimum atomic E-state index is 0. The van der Waals surface area contributed by atoms with Crippen LogP contribution in [0.5, 0.6) is 0 Å². The van der Waals surface area contributed by atoms with Crippen LogP contribution in [0.25, 0.3) is 0 Å². The molecule has 0 aliphatic carbocycles. The molecule has 0 atom stereocenters.